The first kappa shape index (κ1) is 17.3. The molecule has 3 aromatic rings. The van der Waals surface area contributed by atoms with Crippen LogP contribution in [-0.4, -0.2) is 19.9 Å². The van der Waals surface area contributed by atoms with Crippen molar-refractivity contribution in [3.05, 3.63) is 53.6 Å². The van der Waals surface area contributed by atoms with E-state index < -0.39 is 16.2 Å². The van der Waals surface area contributed by atoms with E-state index in [9.17, 15) is 8.42 Å². The maximum atomic E-state index is 12.6. The fourth-order valence-corrected chi connectivity index (χ4v) is 4.36. The molecule has 1 atom stereocenters. The van der Waals surface area contributed by atoms with Crippen molar-refractivity contribution < 1.29 is 17.4 Å². The van der Waals surface area contributed by atoms with Gasteiger partial charge in [0.15, 0.2) is 10.7 Å². The first-order chi connectivity index (χ1) is 12.9. The molecule has 2 aromatic heterocycles. The standard InChI is InChI=1S/C17H17N5O4S/c1-10-15(11(2)26-20-10)27(23,24)21-12-3-5-13(6-4-12)22-9-19-17-14(16(22)18)7-8-25-17/h3-9,16,21H,18H2,1-2H3. The van der Waals surface area contributed by atoms with Crippen LogP contribution in [0.4, 0.5) is 17.3 Å². The van der Waals surface area contributed by atoms with Crippen molar-refractivity contribution in [2.75, 3.05) is 9.62 Å². The zero-order chi connectivity index (χ0) is 19.2. The fraction of sp³-hybridized carbons (Fsp3) is 0.176. The highest BCUT2D eigenvalue weighted by Crippen LogP contribution is 2.34. The summed E-state index contributed by atoms with van der Waals surface area (Å²) in [6.45, 7) is 3.13. The summed E-state index contributed by atoms with van der Waals surface area (Å²) >= 11 is 0. The molecule has 0 aliphatic carbocycles. The van der Waals surface area contributed by atoms with E-state index >= 15 is 0 Å². The average Bonchev–Trinajstić information content (AvgIpc) is 3.23. The number of hydrogen-bond acceptors (Lipinski definition) is 8. The van der Waals surface area contributed by atoms with Crippen molar-refractivity contribution in [2.24, 2.45) is 10.7 Å². The molecule has 140 valence electrons. The van der Waals surface area contributed by atoms with Crippen LogP contribution in [0.25, 0.3) is 0 Å². The lowest BCUT2D eigenvalue weighted by molar-refractivity contribution is 0.390. The van der Waals surface area contributed by atoms with E-state index in [1.54, 1.807) is 55.4 Å². The van der Waals surface area contributed by atoms with Gasteiger partial charge in [-0.2, -0.15) is 0 Å². The van der Waals surface area contributed by atoms with E-state index in [0.29, 0.717) is 17.3 Å². The molecule has 1 aromatic carbocycles. The number of rotatable bonds is 4. The molecule has 0 saturated carbocycles. The molecular formula is C17H17N5O4S. The second-order valence-corrected chi connectivity index (χ2v) is 7.70. The van der Waals surface area contributed by atoms with Gasteiger partial charge >= 0.3 is 0 Å². The number of nitrogens with zero attached hydrogens (tertiary/aromatic N) is 3. The Morgan fingerprint density at radius 2 is 1.93 bits per heavy atom. The Morgan fingerprint density at radius 1 is 1.19 bits per heavy atom. The van der Waals surface area contributed by atoms with Crippen molar-refractivity contribution in [3.63, 3.8) is 0 Å². The third-order valence-corrected chi connectivity index (χ3v) is 5.87. The van der Waals surface area contributed by atoms with Crippen LogP contribution in [0.5, 0.6) is 0 Å². The molecule has 0 fully saturated rings. The second kappa shape index (κ2) is 6.25. The molecule has 3 N–H and O–H groups in total. The van der Waals surface area contributed by atoms with Gasteiger partial charge in [0.25, 0.3) is 10.0 Å². The number of sulfonamides is 1. The van der Waals surface area contributed by atoms with Crippen molar-refractivity contribution in [2.45, 2.75) is 24.9 Å². The van der Waals surface area contributed by atoms with Gasteiger partial charge in [0.05, 0.1) is 11.8 Å². The number of benzene rings is 1. The van der Waals surface area contributed by atoms with Crippen LogP contribution in [0.15, 0.2) is 55.4 Å². The topological polar surface area (TPSA) is 127 Å². The number of nitrogens with two attached hydrogens (primary N) is 1. The van der Waals surface area contributed by atoms with E-state index in [1.165, 1.54) is 6.26 Å². The summed E-state index contributed by atoms with van der Waals surface area (Å²) in [6, 6.07) is 8.58. The minimum absolute atomic E-state index is 0.0456. The maximum absolute atomic E-state index is 12.6. The molecular weight excluding hydrogens is 370 g/mol. The second-order valence-electron chi connectivity index (χ2n) is 6.08. The number of furan rings is 1. The number of hydrogen-bond donors (Lipinski definition) is 2. The van der Waals surface area contributed by atoms with Crippen LogP contribution in [0.3, 0.4) is 0 Å². The molecule has 0 bridgehead atoms. The third kappa shape index (κ3) is 2.98. The first-order valence-corrected chi connectivity index (χ1v) is 9.56. The van der Waals surface area contributed by atoms with Gasteiger partial charge in [0.2, 0.25) is 5.88 Å². The molecule has 9 nitrogen and oxygen atoms in total. The van der Waals surface area contributed by atoms with Crippen LogP contribution in [-0.2, 0) is 10.0 Å². The molecule has 0 radical (unpaired) electrons. The summed E-state index contributed by atoms with van der Waals surface area (Å²) in [5.74, 6) is 0.727. The van der Waals surface area contributed by atoms with Crippen LogP contribution >= 0.6 is 0 Å². The van der Waals surface area contributed by atoms with Crippen LogP contribution < -0.4 is 15.4 Å². The lowest BCUT2D eigenvalue weighted by Crippen LogP contribution is -2.35. The zero-order valence-electron chi connectivity index (χ0n) is 14.6. The number of aromatic nitrogens is 1. The number of aliphatic imine (C=N–C) groups is 1. The van der Waals surface area contributed by atoms with Gasteiger partial charge in [-0.3, -0.25) is 4.72 Å². The minimum Gasteiger partial charge on any atom is -0.446 e. The minimum atomic E-state index is -3.80. The summed E-state index contributed by atoms with van der Waals surface area (Å²) in [6.07, 6.45) is 2.68. The smallest absolute Gasteiger partial charge is 0.267 e. The predicted molar refractivity (Wildman–Crippen MR) is 99.5 cm³/mol. The van der Waals surface area contributed by atoms with Gasteiger partial charge in [-0.1, -0.05) is 5.16 Å². The van der Waals surface area contributed by atoms with Gasteiger partial charge in [-0.15, -0.1) is 0 Å². The van der Waals surface area contributed by atoms with Gasteiger partial charge in [-0.05, 0) is 44.2 Å². The molecule has 4 rings (SSSR count). The van der Waals surface area contributed by atoms with E-state index in [1.807, 2.05) is 0 Å². The lowest BCUT2D eigenvalue weighted by Gasteiger charge is -2.29. The lowest BCUT2D eigenvalue weighted by atomic mass is 10.2. The average molecular weight is 387 g/mol. The number of aryl methyl sites for hydroxylation is 2. The van der Waals surface area contributed by atoms with Gasteiger partial charge < -0.3 is 19.6 Å². The summed E-state index contributed by atoms with van der Waals surface area (Å²) in [7, 11) is -3.80. The first-order valence-electron chi connectivity index (χ1n) is 8.08. The van der Waals surface area contributed by atoms with Crippen LogP contribution in [0.1, 0.15) is 23.2 Å². The highest BCUT2D eigenvalue weighted by molar-refractivity contribution is 7.92. The maximum Gasteiger partial charge on any atom is 0.267 e. The Bertz CT molecular complexity index is 1100. The summed E-state index contributed by atoms with van der Waals surface area (Å²) in [5.41, 5.74) is 8.51. The van der Waals surface area contributed by atoms with E-state index in [0.717, 1.165) is 11.3 Å². The molecule has 1 unspecified atom stereocenters. The van der Waals surface area contributed by atoms with E-state index in [2.05, 4.69) is 14.9 Å². The Labute approximate surface area is 155 Å². The van der Waals surface area contributed by atoms with Gasteiger partial charge in [0, 0.05) is 11.4 Å². The van der Waals surface area contributed by atoms with Crippen molar-refractivity contribution in [3.8, 4) is 0 Å². The Morgan fingerprint density at radius 3 is 2.59 bits per heavy atom. The third-order valence-electron chi connectivity index (χ3n) is 4.25. The molecule has 0 amide bonds. The van der Waals surface area contributed by atoms with Crippen molar-refractivity contribution in [1.29, 1.82) is 0 Å². The number of nitrogens with one attached hydrogen (secondary N) is 1. The van der Waals surface area contributed by atoms with Crippen LogP contribution in [0, 0.1) is 13.8 Å². The molecule has 3 heterocycles. The predicted octanol–water partition coefficient (Wildman–Crippen LogP) is 2.82. The summed E-state index contributed by atoms with van der Waals surface area (Å²) < 4.78 is 37.9. The zero-order valence-corrected chi connectivity index (χ0v) is 15.4. The largest absolute Gasteiger partial charge is 0.446 e. The SMILES string of the molecule is Cc1noc(C)c1S(=O)(=O)Nc1ccc(N2C=Nc3occc3C2N)cc1. The quantitative estimate of drug-likeness (QED) is 0.704. The fourth-order valence-electron chi connectivity index (χ4n) is 2.97. The Hall–Kier alpha value is -3.11. The Balaban J connectivity index is 1.57. The number of anilines is 2. The summed E-state index contributed by atoms with van der Waals surface area (Å²) in [4.78, 5) is 6.04. The molecule has 1 aliphatic rings. The molecule has 27 heavy (non-hydrogen) atoms. The molecule has 10 heteroatoms. The molecule has 0 spiro atoms. The van der Waals surface area contributed by atoms with Crippen molar-refractivity contribution in [1.82, 2.24) is 5.16 Å². The highest BCUT2D eigenvalue weighted by atomic mass is 32.2. The normalized spacial score (nSPS) is 16.4. The van der Waals surface area contributed by atoms with Gasteiger partial charge in [0.1, 0.15) is 18.2 Å². The van der Waals surface area contributed by atoms with Crippen molar-refractivity contribution >= 4 is 33.6 Å². The monoisotopic (exact) mass is 387 g/mol. The Kier molecular flexibility index (Phi) is 4.01. The van der Waals surface area contributed by atoms with E-state index in [4.69, 9.17) is 14.7 Å². The van der Waals surface area contributed by atoms with Crippen LogP contribution in [0.2, 0.25) is 0 Å². The van der Waals surface area contributed by atoms with E-state index in [-0.39, 0.29) is 10.7 Å². The highest BCUT2D eigenvalue weighted by Gasteiger charge is 2.26. The number of fused-ring (bicyclic) bond motifs is 1. The van der Waals surface area contributed by atoms with Gasteiger partial charge in [-0.25, -0.2) is 13.4 Å². The summed E-state index contributed by atoms with van der Waals surface area (Å²) in [5, 5.41) is 3.68. The molecule has 1 aliphatic heterocycles. The molecule has 0 saturated heterocycles.